The number of carbonyl (C=O) groups is 1. The summed E-state index contributed by atoms with van der Waals surface area (Å²) < 4.78 is 0. The summed E-state index contributed by atoms with van der Waals surface area (Å²) in [4.78, 5) is 13.5. The molecule has 2 atom stereocenters. The lowest BCUT2D eigenvalue weighted by molar-refractivity contribution is -0.117. The third kappa shape index (κ3) is 5.25. The van der Waals surface area contributed by atoms with Gasteiger partial charge < -0.3 is 21.3 Å². The Morgan fingerprint density at radius 1 is 1.56 bits per heavy atom. The lowest BCUT2D eigenvalue weighted by atomic mass is 10.0. The number of hydrogen-bond acceptors (Lipinski definition) is 4. The zero-order chi connectivity index (χ0) is 12.0. The molecule has 1 heterocycles. The second-order valence-corrected chi connectivity index (χ2v) is 4.52. The average molecular weight is 226 g/mol. The van der Waals surface area contributed by atoms with Gasteiger partial charge >= 0.3 is 0 Å². The van der Waals surface area contributed by atoms with Crippen LogP contribution in [0, 0.1) is 0 Å². The maximum atomic E-state index is 11.5. The van der Waals surface area contributed by atoms with E-state index in [0.29, 0.717) is 0 Å². The van der Waals surface area contributed by atoms with Gasteiger partial charge in [0.15, 0.2) is 0 Å². The topological polar surface area (TPSA) is 70.4 Å². The van der Waals surface area contributed by atoms with E-state index >= 15 is 0 Å². The predicted molar refractivity (Wildman–Crippen MR) is 65.1 cm³/mol. The molecular formula is C11H22N4O. The van der Waals surface area contributed by atoms with E-state index in [0.717, 1.165) is 26.1 Å². The molecule has 0 spiro atoms. The molecule has 0 bridgehead atoms. The fraction of sp³-hybridized carbons (Fsp3) is 0.727. The van der Waals surface area contributed by atoms with Crippen LogP contribution in [0.1, 0.15) is 6.42 Å². The normalized spacial score (nSPS) is 26.2. The van der Waals surface area contributed by atoms with E-state index in [-0.39, 0.29) is 18.0 Å². The van der Waals surface area contributed by atoms with E-state index in [1.807, 2.05) is 25.1 Å². The van der Waals surface area contributed by atoms with Crippen molar-refractivity contribution in [3.8, 4) is 0 Å². The summed E-state index contributed by atoms with van der Waals surface area (Å²) in [6.07, 6.45) is 4.28. The Balaban J connectivity index is 2.25. The summed E-state index contributed by atoms with van der Waals surface area (Å²) in [7, 11) is 3.93. The van der Waals surface area contributed by atoms with Crippen molar-refractivity contribution < 1.29 is 4.79 Å². The van der Waals surface area contributed by atoms with Crippen LogP contribution in [0.2, 0.25) is 0 Å². The van der Waals surface area contributed by atoms with Gasteiger partial charge in [-0.15, -0.1) is 0 Å². The van der Waals surface area contributed by atoms with Gasteiger partial charge in [0.2, 0.25) is 5.91 Å². The van der Waals surface area contributed by atoms with Crippen molar-refractivity contribution in [2.24, 2.45) is 5.73 Å². The van der Waals surface area contributed by atoms with E-state index in [9.17, 15) is 4.79 Å². The quantitative estimate of drug-likeness (QED) is 0.533. The van der Waals surface area contributed by atoms with Crippen LogP contribution in [0.5, 0.6) is 0 Å². The summed E-state index contributed by atoms with van der Waals surface area (Å²) in [5.74, 6) is -0.0391. The van der Waals surface area contributed by atoms with Crippen LogP contribution in [0.25, 0.3) is 0 Å². The number of piperidine rings is 1. The molecular weight excluding hydrogens is 204 g/mol. The number of amides is 1. The summed E-state index contributed by atoms with van der Waals surface area (Å²) in [5, 5.41) is 6.13. The zero-order valence-corrected chi connectivity index (χ0v) is 10.1. The molecule has 0 aliphatic carbocycles. The number of nitrogens with one attached hydrogen (secondary N) is 2. The largest absolute Gasteiger partial charge is 0.348 e. The standard InChI is InChI=1S/C11H22N4O/c1-15(2)5-3-4-11(16)14-10-6-9(12)7-13-8-10/h3-4,9-10,13H,5-8,12H2,1-2H3,(H,14,16)/b4-3+/t9-,10+/m0/s1. The Morgan fingerprint density at radius 3 is 2.94 bits per heavy atom. The predicted octanol–water partition coefficient (Wildman–Crippen LogP) is -1.09. The first kappa shape index (κ1) is 13.2. The molecule has 1 aliphatic heterocycles. The smallest absolute Gasteiger partial charge is 0.243 e. The summed E-state index contributed by atoms with van der Waals surface area (Å²) in [6, 6.07) is 0.296. The Kier molecular flexibility index (Phi) is 5.45. The Bertz CT molecular complexity index is 252. The highest BCUT2D eigenvalue weighted by atomic mass is 16.1. The molecule has 1 saturated heterocycles. The van der Waals surface area contributed by atoms with Crippen molar-refractivity contribution in [2.45, 2.75) is 18.5 Å². The molecule has 1 amide bonds. The molecule has 4 N–H and O–H groups in total. The molecule has 0 aromatic rings. The zero-order valence-electron chi connectivity index (χ0n) is 10.1. The maximum Gasteiger partial charge on any atom is 0.243 e. The van der Waals surface area contributed by atoms with Crippen molar-refractivity contribution >= 4 is 5.91 Å². The molecule has 0 radical (unpaired) electrons. The third-order valence-electron chi connectivity index (χ3n) is 2.47. The minimum absolute atomic E-state index is 0.0391. The Hall–Kier alpha value is -0.910. The van der Waals surface area contributed by atoms with Gasteiger partial charge in [0.25, 0.3) is 0 Å². The van der Waals surface area contributed by atoms with Gasteiger partial charge in [-0.2, -0.15) is 0 Å². The number of likely N-dealkylation sites (N-methyl/N-ethyl adjacent to an activating group) is 1. The summed E-state index contributed by atoms with van der Waals surface area (Å²) in [5.41, 5.74) is 5.80. The first-order valence-corrected chi connectivity index (χ1v) is 5.66. The van der Waals surface area contributed by atoms with Crippen LogP contribution in [0.3, 0.4) is 0 Å². The van der Waals surface area contributed by atoms with Crippen molar-refractivity contribution in [2.75, 3.05) is 33.7 Å². The van der Waals surface area contributed by atoms with Gasteiger partial charge in [-0.3, -0.25) is 4.79 Å². The first-order valence-electron chi connectivity index (χ1n) is 5.66. The van der Waals surface area contributed by atoms with Crippen LogP contribution in [-0.4, -0.2) is 56.6 Å². The van der Waals surface area contributed by atoms with E-state index in [1.54, 1.807) is 6.08 Å². The number of nitrogens with two attached hydrogens (primary N) is 1. The fourth-order valence-corrected chi connectivity index (χ4v) is 1.70. The van der Waals surface area contributed by atoms with E-state index in [4.69, 9.17) is 5.73 Å². The molecule has 1 fully saturated rings. The van der Waals surface area contributed by atoms with Crippen LogP contribution < -0.4 is 16.4 Å². The monoisotopic (exact) mass is 226 g/mol. The molecule has 1 aliphatic rings. The maximum absolute atomic E-state index is 11.5. The van der Waals surface area contributed by atoms with Gasteiger partial charge in [-0.05, 0) is 20.5 Å². The summed E-state index contributed by atoms with van der Waals surface area (Å²) >= 11 is 0. The molecule has 92 valence electrons. The third-order valence-corrected chi connectivity index (χ3v) is 2.47. The molecule has 0 unspecified atom stereocenters. The second kappa shape index (κ2) is 6.62. The lowest BCUT2D eigenvalue weighted by Gasteiger charge is -2.27. The van der Waals surface area contributed by atoms with Crippen molar-refractivity contribution in [1.82, 2.24) is 15.5 Å². The molecule has 5 nitrogen and oxygen atoms in total. The van der Waals surface area contributed by atoms with Crippen molar-refractivity contribution in [3.63, 3.8) is 0 Å². The SMILES string of the molecule is CN(C)C/C=C/C(=O)N[C@H]1CNC[C@@H](N)C1. The Labute approximate surface area is 97.1 Å². The van der Waals surface area contributed by atoms with Crippen LogP contribution in [0.15, 0.2) is 12.2 Å². The number of nitrogens with zero attached hydrogens (tertiary/aromatic N) is 1. The van der Waals surface area contributed by atoms with E-state index in [1.165, 1.54) is 0 Å². The molecule has 16 heavy (non-hydrogen) atoms. The van der Waals surface area contributed by atoms with Gasteiger partial charge in [0.05, 0.1) is 0 Å². The molecule has 5 heteroatoms. The van der Waals surface area contributed by atoms with Gasteiger partial charge in [-0.1, -0.05) is 6.08 Å². The van der Waals surface area contributed by atoms with E-state index < -0.39 is 0 Å². The number of rotatable bonds is 4. The highest BCUT2D eigenvalue weighted by Gasteiger charge is 2.19. The minimum Gasteiger partial charge on any atom is -0.348 e. The van der Waals surface area contributed by atoms with E-state index in [2.05, 4.69) is 10.6 Å². The van der Waals surface area contributed by atoms with Gasteiger partial charge in [0, 0.05) is 37.8 Å². The average Bonchev–Trinajstić information content (AvgIpc) is 2.16. The molecule has 0 aromatic carbocycles. The fourth-order valence-electron chi connectivity index (χ4n) is 1.70. The molecule has 0 saturated carbocycles. The van der Waals surface area contributed by atoms with Crippen molar-refractivity contribution in [1.29, 1.82) is 0 Å². The number of hydrogen-bond donors (Lipinski definition) is 3. The molecule has 0 aromatic heterocycles. The minimum atomic E-state index is -0.0391. The highest BCUT2D eigenvalue weighted by molar-refractivity contribution is 5.87. The van der Waals surface area contributed by atoms with Crippen LogP contribution >= 0.6 is 0 Å². The van der Waals surface area contributed by atoms with Gasteiger partial charge in [-0.25, -0.2) is 0 Å². The van der Waals surface area contributed by atoms with Gasteiger partial charge in [0.1, 0.15) is 0 Å². The van der Waals surface area contributed by atoms with Crippen LogP contribution in [-0.2, 0) is 4.79 Å². The Morgan fingerprint density at radius 2 is 2.31 bits per heavy atom. The first-order chi connectivity index (χ1) is 7.58. The summed E-state index contributed by atoms with van der Waals surface area (Å²) in [6.45, 7) is 2.42. The lowest BCUT2D eigenvalue weighted by Crippen LogP contribution is -2.53. The number of carbonyl (C=O) groups excluding carboxylic acids is 1. The molecule has 1 rings (SSSR count). The van der Waals surface area contributed by atoms with Crippen LogP contribution in [0.4, 0.5) is 0 Å². The highest BCUT2D eigenvalue weighted by Crippen LogP contribution is 2.00. The second-order valence-electron chi connectivity index (χ2n) is 4.52. The van der Waals surface area contributed by atoms with Crippen molar-refractivity contribution in [3.05, 3.63) is 12.2 Å².